The van der Waals surface area contributed by atoms with E-state index in [4.69, 9.17) is 4.74 Å². The number of ketones is 1. The number of ether oxygens (including phenoxy) is 1. The number of hydrogen-bond acceptors (Lipinski definition) is 3. The fourth-order valence-corrected chi connectivity index (χ4v) is 2.55. The second-order valence-corrected chi connectivity index (χ2v) is 5.67. The molecular weight excluding hydrogens is 256 g/mol. The summed E-state index contributed by atoms with van der Waals surface area (Å²) in [5.41, 5.74) is 0.728. The first-order valence-electron chi connectivity index (χ1n) is 7.29. The average Bonchev–Trinajstić information content (AvgIpc) is 3.19. The molecule has 0 atom stereocenters. The van der Waals surface area contributed by atoms with Crippen LogP contribution in [0.15, 0.2) is 18.5 Å². The number of nitrogens with zero attached hydrogens (tertiary/aromatic N) is 1. The van der Waals surface area contributed by atoms with Gasteiger partial charge in [-0.25, -0.2) is 0 Å². The van der Waals surface area contributed by atoms with E-state index in [9.17, 15) is 9.59 Å². The van der Waals surface area contributed by atoms with Gasteiger partial charge < -0.3 is 14.6 Å². The second-order valence-electron chi connectivity index (χ2n) is 5.67. The molecule has 0 radical (unpaired) electrons. The molecule has 1 aromatic rings. The zero-order valence-corrected chi connectivity index (χ0v) is 11.5. The van der Waals surface area contributed by atoms with E-state index >= 15 is 0 Å². The van der Waals surface area contributed by atoms with Crippen molar-refractivity contribution in [1.29, 1.82) is 0 Å². The van der Waals surface area contributed by atoms with Crippen LogP contribution in [0.1, 0.15) is 36.0 Å². The lowest BCUT2D eigenvalue weighted by molar-refractivity contribution is -0.122. The highest BCUT2D eigenvalue weighted by Crippen LogP contribution is 2.32. The molecule has 1 amide bonds. The Morgan fingerprint density at radius 2 is 2.00 bits per heavy atom. The van der Waals surface area contributed by atoms with Crippen molar-refractivity contribution in [2.45, 2.75) is 38.3 Å². The van der Waals surface area contributed by atoms with E-state index < -0.39 is 0 Å². The monoisotopic (exact) mass is 276 g/mol. The maximum Gasteiger partial charge on any atom is 0.240 e. The fourth-order valence-electron chi connectivity index (χ4n) is 2.55. The van der Waals surface area contributed by atoms with Crippen LogP contribution in [0.5, 0.6) is 0 Å². The van der Waals surface area contributed by atoms with E-state index in [0.717, 1.165) is 31.2 Å². The molecule has 1 aromatic heterocycles. The maximum absolute atomic E-state index is 11.9. The van der Waals surface area contributed by atoms with Gasteiger partial charge in [0.2, 0.25) is 5.91 Å². The molecule has 1 aliphatic carbocycles. The van der Waals surface area contributed by atoms with Crippen molar-refractivity contribution in [3.8, 4) is 0 Å². The molecule has 1 saturated carbocycles. The van der Waals surface area contributed by atoms with Crippen LogP contribution >= 0.6 is 0 Å². The molecule has 1 aliphatic heterocycles. The van der Waals surface area contributed by atoms with Gasteiger partial charge in [-0.15, -0.1) is 0 Å². The SMILES string of the molecule is O=C(Cn1ccc(C(=O)C2CC2)c1)NC1CCOCC1. The molecule has 2 heterocycles. The van der Waals surface area contributed by atoms with E-state index in [2.05, 4.69) is 5.32 Å². The molecule has 5 heteroatoms. The van der Waals surface area contributed by atoms with E-state index in [0.29, 0.717) is 13.2 Å². The first-order valence-corrected chi connectivity index (χ1v) is 7.29. The van der Waals surface area contributed by atoms with Gasteiger partial charge in [0, 0.05) is 43.1 Å². The lowest BCUT2D eigenvalue weighted by Crippen LogP contribution is -2.40. The average molecular weight is 276 g/mol. The smallest absolute Gasteiger partial charge is 0.240 e. The van der Waals surface area contributed by atoms with Crippen LogP contribution in [0.25, 0.3) is 0 Å². The van der Waals surface area contributed by atoms with Crippen LogP contribution in [0, 0.1) is 5.92 Å². The van der Waals surface area contributed by atoms with Crippen LogP contribution in [0.2, 0.25) is 0 Å². The Morgan fingerprint density at radius 1 is 1.25 bits per heavy atom. The number of carbonyl (C=O) groups excluding carboxylic acids is 2. The molecule has 0 aromatic carbocycles. The second kappa shape index (κ2) is 5.79. The highest BCUT2D eigenvalue weighted by Gasteiger charge is 2.30. The first-order chi connectivity index (χ1) is 9.72. The van der Waals surface area contributed by atoms with Gasteiger partial charge >= 0.3 is 0 Å². The Labute approximate surface area is 118 Å². The molecule has 0 spiro atoms. The molecule has 5 nitrogen and oxygen atoms in total. The summed E-state index contributed by atoms with van der Waals surface area (Å²) in [7, 11) is 0. The van der Waals surface area contributed by atoms with Gasteiger partial charge in [-0.2, -0.15) is 0 Å². The molecule has 2 aliphatic rings. The minimum atomic E-state index is -0.00193. The van der Waals surface area contributed by atoms with Crippen LogP contribution in [0.4, 0.5) is 0 Å². The van der Waals surface area contributed by atoms with Crippen molar-refractivity contribution in [2.24, 2.45) is 5.92 Å². The lowest BCUT2D eigenvalue weighted by Gasteiger charge is -2.23. The summed E-state index contributed by atoms with van der Waals surface area (Å²) in [5, 5.41) is 3.02. The third kappa shape index (κ3) is 3.28. The Morgan fingerprint density at radius 3 is 2.70 bits per heavy atom. The van der Waals surface area contributed by atoms with Crippen molar-refractivity contribution >= 4 is 11.7 Å². The molecular formula is C15H20N2O3. The van der Waals surface area contributed by atoms with E-state index in [1.165, 1.54) is 0 Å². The van der Waals surface area contributed by atoms with Crippen LogP contribution in [-0.2, 0) is 16.1 Å². The molecule has 3 rings (SSSR count). The predicted molar refractivity (Wildman–Crippen MR) is 73.5 cm³/mol. The van der Waals surface area contributed by atoms with Crippen molar-refractivity contribution < 1.29 is 14.3 Å². The summed E-state index contributed by atoms with van der Waals surface area (Å²) in [6.45, 7) is 1.71. The van der Waals surface area contributed by atoms with Gasteiger partial charge in [-0.05, 0) is 31.7 Å². The van der Waals surface area contributed by atoms with Gasteiger partial charge in [0.25, 0.3) is 0 Å². The summed E-state index contributed by atoms with van der Waals surface area (Å²) in [5.74, 6) is 0.438. The summed E-state index contributed by atoms with van der Waals surface area (Å²) in [6.07, 6.45) is 7.36. The van der Waals surface area contributed by atoms with Crippen molar-refractivity contribution in [3.05, 3.63) is 24.0 Å². The van der Waals surface area contributed by atoms with Crippen molar-refractivity contribution in [2.75, 3.05) is 13.2 Å². The summed E-state index contributed by atoms with van der Waals surface area (Å²) in [4.78, 5) is 23.8. The third-order valence-corrected chi connectivity index (χ3v) is 3.90. The quantitative estimate of drug-likeness (QED) is 0.826. The number of nitrogens with one attached hydrogen (secondary N) is 1. The summed E-state index contributed by atoms with van der Waals surface area (Å²) >= 11 is 0. The normalized spacial score (nSPS) is 19.8. The van der Waals surface area contributed by atoms with E-state index in [1.807, 2.05) is 6.07 Å². The topological polar surface area (TPSA) is 60.3 Å². The van der Waals surface area contributed by atoms with Gasteiger partial charge in [0.15, 0.2) is 5.78 Å². The standard InChI is InChI=1S/C15H20N2O3/c18-14(16-13-4-7-20-8-5-13)10-17-6-3-12(9-17)15(19)11-1-2-11/h3,6,9,11,13H,1-2,4-5,7-8,10H2,(H,16,18). The zero-order valence-electron chi connectivity index (χ0n) is 11.5. The summed E-state index contributed by atoms with van der Waals surface area (Å²) in [6, 6.07) is 2.03. The minimum absolute atomic E-state index is 0.00193. The molecule has 2 fully saturated rings. The Balaban J connectivity index is 1.51. The van der Waals surface area contributed by atoms with Gasteiger partial charge in [-0.1, -0.05) is 0 Å². The number of hydrogen-bond donors (Lipinski definition) is 1. The Kier molecular flexibility index (Phi) is 3.87. The number of carbonyl (C=O) groups is 2. The van der Waals surface area contributed by atoms with Gasteiger partial charge in [-0.3, -0.25) is 9.59 Å². The van der Waals surface area contributed by atoms with Gasteiger partial charge in [0.05, 0.1) is 0 Å². The first kappa shape index (κ1) is 13.4. The molecule has 0 unspecified atom stereocenters. The minimum Gasteiger partial charge on any atom is -0.381 e. The van der Waals surface area contributed by atoms with Crippen LogP contribution in [0.3, 0.4) is 0 Å². The number of rotatable bonds is 5. The molecule has 20 heavy (non-hydrogen) atoms. The molecule has 108 valence electrons. The van der Waals surface area contributed by atoms with Crippen LogP contribution < -0.4 is 5.32 Å². The lowest BCUT2D eigenvalue weighted by atomic mass is 10.1. The molecule has 0 bridgehead atoms. The Bertz CT molecular complexity index is 499. The van der Waals surface area contributed by atoms with Crippen molar-refractivity contribution in [3.63, 3.8) is 0 Å². The highest BCUT2D eigenvalue weighted by molar-refractivity contribution is 5.99. The highest BCUT2D eigenvalue weighted by atomic mass is 16.5. The number of amides is 1. The zero-order chi connectivity index (χ0) is 13.9. The van der Waals surface area contributed by atoms with Crippen LogP contribution in [-0.4, -0.2) is 35.5 Å². The third-order valence-electron chi connectivity index (χ3n) is 3.90. The van der Waals surface area contributed by atoms with E-state index in [-0.39, 0.29) is 30.2 Å². The largest absolute Gasteiger partial charge is 0.381 e. The van der Waals surface area contributed by atoms with Crippen molar-refractivity contribution in [1.82, 2.24) is 9.88 Å². The maximum atomic E-state index is 11.9. The van der Waals surface area contributed by atoms with Gasteiger partial charge in [0.1, 0.15) is 6.54 Å². The predicted octanol–water partition coefficient (Wildman–Crippen LogP) is 1.38. The number of aromatic nitrogens is 1. The summed E-state index contributed by atoms with van der Waals surface area (Å²) < 4.78 is 7.05. The van der Waals surface area contributed by atoms with E-state index in [1.54, 1.807) is 17.0 Å². The molecule has 1 saturated heterocycles. The fraction of sp³-hybridized carbons (Fsp3) is 0.600. The Hall–Kier alpha value is -1.62. The molecule has 1 N–H and O–H groups in total. The number of Topliss-reactive ketones (excluding diaryl/α,β-unsaturated/α-hetero) is 1.